The number of nitrogens with zero attached hydrogens (tertiary/aromatic N) is 3. The van der Waals surface area contributed by atoms with Crippen molar-refractivity contribution in [1.29, 1.82) is 0 Å². The lowest BCUT2D eigenvalue weighted by atomic mass is 10.3. The average molecular weight is 372 g/mol. The maximum atomic E-state index is 13.7. The molecule has 2 aromatic carbocycles. The van der Waals surface area contributed by atoms with Crippen LogP contribution < -0.4 is 10.9 Å². The number of nitrogens with one attached hydrogen (secondary N) is 1. The number of halogens is 2. The minimum Gasteiger partial charge on any atom is -0.300 e. The molecule has 0 spiro atoms. The summed E-state index contributed by atoms with van der Waals surface area (Å²) in [7, 11) is 0. The quantitative estimate of drug-likeness (QED) is 0.600. The van der Waals surface area contributed by atoms with Gasteiger partial charge in [0, 0.05) is 6.07 Å². The van der Waals surface area contributed by atoms with Gasteiger partial charge in [-0.05, 0) is 18.2 Å². The maximum Gasteiger partial charge on any atom is 0.269 e. The monoisotopic (exact) mass is 372 g/mol. The van der Waals surface area contributed by atoms with Crippen molar-refractivity contribution in [2.24, 2.45) is 0 Å². The summed E-state index contributed by atoms with van der Waals surface area (Å²) in [6.45, 7) is -0.255. The molecule has 0 aliphatic carbocycles. The highest BCUT2D eigenvalue weighted by molar-refractivity contribution is 7.22. The molecule has 26 heavy (non-hydrogen) atoms. The molecule has 4 aromatic rings. The van der Waals surface area contributed by atoms with Crippen molar-refractivity contribution < 1.29 is 13.6 Å². The third-order valence-electron chi connectivity index (χ3n) is 3.71. The number of anilines is 1. The van der Waals surface area contributed by atoms with Gasteiger partial charge in [-0.2, -0.15) is 0 Å². The lowest BCUT2D eigenvalue weighted by molar-refractivity contribution is -0.116. The summed E-state index contributed by atoms with van der Waals surface area (Å²) in [6, 6.07) is 8.81. The molecule has 0 radical (unpaired) electrons. The van der Waals surface area contributed by atoms with E-state index < -0.39 is 23.1 Å². The smallest absolute Gasteiger partial charge is 0.269 e. The number of carbonyl (C=O) groups is 1. The summed E-state index contributed by atoms with van der Waals surface area (Å²) < 4.78 is 28.5. The van der Waals surface area contributed by atoms with E-state index in [0.717, 1.165) is 29.7 Å². The van der Waals surface area contributed by atoms with E-state index in [1.165, 1.54) is 4.57 Å². The zero-order valence-electron chi connectivity index (χ0n) is 13.1. The molecule has 2 aromatic heterocycles. The summed E-state index contributed by atoms with van der Waals surface area (Å²) in [5.41, 5.74) is 0.666. The van der Waals surface area contributed by atoms with Gasteiger partial charge in [-0.3, -0.25) is 14.2 Å². The first-order chi connectivity index (χ1) is 12.5. The van der Waals surface area contributed by atoms with Crippen LogP contribution in [-0.2, 0) is 11.3 Å². The van der Waals surface area contributed by atoms with Crippen LogP contribution >= 0.6 is 11.3 Å². The Morgan fingerprint density at radius 1 is 1.23 bits per heavy atom. The van der Waals surface area contributed by atoms with Crippen LogP contribution in [0.25, 0.3) is 21.3 Å². The van der Waals surface area contributed by atoms with Crippen molar-refractivity contribution in [1.82, 2.24) is 14.5 Å². The van der Waals surface area contributed by atoms with Gasteiger partial charge < -0.3 is 5.32 Å². The van der Waals surface area contributed by atoms with Gasteiger partial charge in [-0.25, -0.2) is 18.7 Å². The summed E-state index contributed by atoms with van der Waals surface area (Å²) in [5, 5.41) is 2.64. The summed E-state index contributed by atoms with van der Waals surface area (Å²) in [4.78, 5) is 32.4. The molecule has 0 aliphatic rings. The number of aromatic nitrogens is 3. The van der Waals surface area contributed by atoms with Gasteiger partial charge in [0.15, 0.2) is 10.9 Å². The third-order valence-corrected chi connectivity index (χ3v) is 4.63. The van der Waals surface area contributed by atoms with E-state index in [1.807, 2.05) is 0 Å². The Morgan fingerprint density at radius 3 is 2.88 bits per heavy atom. The van der Waals surface area contributed by atoms with E-state index in [2.05, 4.69) is 15.3 Å². The van der Waals surface area contributed by atoms with Gasteiger partial charge in [0.1, 0.15) is 17.9 Å². The third kappa shape index (κ3) is 2.92. The normalized spacial score (nSPS) is 11.2. The molecule has 2 heterocycles. The molecule has 4 rings (SSSR count). The van der Waals surface area contributed by atoms with Gasteiger partial charge >= 0.3 is 0 Å². The van der Waals surface area contributed by atoms with E-state index in [4.69, 9.17) is 0 Å². The molecule has 0 aliphatic heterocycles. The number of amides is 1. The summed E-state index contributed by atoms with van der Waals surface area (Å²) >= 11 is 0.950. The van der Waals surface area contributed by atoms with E-state index in [1.54, 1.807) is 24.3 Å². The molecular formula is C17H10F2N4O2S. The lowest BCUT2D eigenvalue weighted by Gasteiger charge is -2.08. The van der Waals surface area contributed by atoms with Crippen LogP contribution in [0.1, 0.15) is 0 Å². The zero-order chi connectivity index (χ0) is 18.3. The standard InChI is InChI=1S/C17H10F2N4O2S/c18-9-5-10(19)16-13(6-9)26-17(22-16)21-14(24)8-23-12-4-2-1-3-11(12)20-7-15(23)25/h1-7H,8H2,(H,21,22,24). The lowest BCUT2D eigenvalue weighted by Crippen LogP contribution is -2.27. The molecule has 0 saturated heterocycles. The van der Waals surface area contributed by atoms with Crippen LogP contribution in [0.15, 0.2) is 47.4 Å². The van der Waals surface area contributed by atoms with E-state index in [9.17, 15) is 18.4 Å². The largest absolute Gasteiger partial charge is 0.300 e. The first kappa shape index (κ1) is 16.3. The van der Waals surface area contributed by atoms with Crippen LogP contribution in [0.5, 0.6) is 0 Å². The first-order valence-corrected chi connectivity index (χ1v) is 8.33. The Kier molecular flexibility index (Phi) is 3.92. The van der Waals surface area contributed by atoms with Crippen LogP contribution in [0.2, 0.25) is 0 Å². The molecule has 0 bridgehead atoms. The fraction of sp³-hybridized carbons (Fsp3) is 0.0588. The van der Waals surface area contributed by atoms with Crippen LogP contribution in [0.3, 0.4) is 0 Å². The SMILES string of the molecule is O=C(Cn1c(=O)cnc2ccccc21)Nc1nc2c(F)cc(F)cc2s1. The predicted molar refractivity (Wildman–Crippen MR) is 94.2 cm³/mol. The van der Waals surface area contributed by atoms with Gasteiger partial charge in [-0.15, -0.1) is 0 Å². The molecule has 0 unspecified atom stereocenters. The second kappa shape index (κ2) is 6.26. The second-order valence-corrected chi connectivity index (χ2v) is 6.50. The molecule has 0 saturated carbocycles. The van der Waals surface area contributed by atoms with Gasteiger partial charge in [0.05, 0.1) is 21.9 Å². The Hall–Kier alpha value is -3.20. The summed E-state index contributed by atoms with van der Waals surface area (Å²) in [6.07, 6.45) is 1.14. The number of hydrogen-bond acceptors (Lipinski definition) is 5. The number of benzene rings is 2. The summed E-state index contributed by atoms with van der Waals surface area (Å²) in [5.74, 6) is -2.03. The van der Waals surface area contributed by atoms with Gasteiger partial charge in [0.25, 0.3) is 5.56 Å². The number of rotatable bonds is 3. The molecule has 6 nitrogen and oxygen atoms in total. The highest BCUT2D eigenvalue weighted by Crippen LogP contribution is 2.28. The molecule has 1 amide bonds. The van der Waals surface area contributed by atoms with Crippen molar-refractivity contribution in [2.45, 2.75) is 6.54 Å². The fourth-order valence-electron chi connectivity index (χ4n) is 2.59. The van der Waals surface area contributed by atoms with Gasteiger partial charge in [-0.1, -0.05) is 23.5 Å². The van der Waals surface area contributed by atoms with Gasteiger partial charge in [0.2, 0.25) is 5.91 Å². The van der Waals surface area contributed by atoms with Crippen LogP contribution in [0.4, 0.5) is 13.9 Å². The number of fused-ring (bicyclic) bond motifs is 2. The van der Waals surface area contributed by atoms with E-state index >= 15 is 0 Å². The number of thiazole rings is 1. The Balaban J connectivity index is 1.63. The van der Waals surface area contributed by atoms with Crippen molar-refractivity contribution in [3.05, 3.63) is 64.6 Å². The molecule has 9 heteroatoms. The molecular weight excluding hydrogens is 362 g/mol. The molecule has 1 N–H and O–H groups in total. The highest BCUT2D eigenvalue weighted by atomic mass is 32.1. The molecule has 0 atom stereocenters. The topological polar surface area (TPSA) is 76.9 Å². The maximum absolute atomic E-state index is 13.7. The molecule has 130 valence electrons. The number of carbonyl (C=O) groups excluding carboxylic acids is 1. The number of para-hydroxylation sites is 2. The zero-order valence-corrected chi connectivity index (χ0v) is 13.9. The second-order valence-electron chi connectivity index (χ2n) is 5.47. The van der Waals surface area contributed by atoms with Crippen molar-refractivity contribution in [3.8, 4) is 0 Å². The predicted octanol–water partition coefficient (Wildman–Crippen LogP) is 2.92. The van der Waals surface area contributed by atoms with Crippen LogP contribution in [-0.4, -0.2) is 20.4 Å². The van der Waals surface area contributed by atoms with Crippen molar-refractivity contribution >= 4 is 43.6 Å². The van der Waals surface area contributed by atoms with E-state index in [-0.39, 0.29) is 21.9 Å². The number of hydrogen-bond donors (Lipinski definition) is 1. The fourth-order valence-corrected chi connectivity index (χ4v) is 3.51. The molecule has 0 fully saturated rings. The van der Waals surface area contributed by atoms with Crippen LogP contribution in [0, 0.1) is 11.6 Å². The Morgan fingerprint density at radius 2 is 2.04 bits per heavy atom. The Labute approximate surface area is 148 Å². The van der Waals surface area contributed by atoms with Crippen molar-refractivity contribution in [2.75, 3.05) is 5.32 Å². The van der Waals surface area contributed by atoms with Crippen molar-refractivity contribution in [3.63, 3.8) is 0 Å². The van der Waals surface area contributed by atoms with E-state index in [0.29, 0.717) is 11.0 Å². The highest BCUT2D eigenvalue weighted by Gasteiger charge is 2.14. The first-order valence-electron chi connectivity index (χ1n) is 7.51. The Bertz CT molecular complexity index is 1220. The minimum atomic E-state index is -0.798. The average Bonchev–Trinajstić information content (AvgIpc) is 3.00. The minimum absolute atomic E-state index is 0.0155.